The Bertz CT molecular complexity index is 888. The molecule has 34 heavy (non-hydrogen) atoms. The van der Waals surface area contributed by atoms with Crippen molar-refractivity contribution in [1.82, 2.24) is 14.6 Å². The molecule has 0 saturated carbocycles. The van der Waals surface area contributed by atoms with Crippen molar-refractivity contribution < 1.29 is 23.8 Å². The summed E-state index contributed by atoms with van der Waals surface area (Å²) in [6.07, 6.45) is 3.02. The number of rotatable bonds is 7. The highest BCUT2D eigenvalue weighted by Crippen LogP contribution is 2.42. The Hall–Kier alpha value is -2.19. The van der Waals surface area contributed by atoms with Crippen molar-refractivity contribution in [2.75, 3.05) is 27.3 Å². The van der Waals surface area contributed by atoms with Crippen molar-refractivity contribution in [3.63, 3.8) is 0 Å². The third-order valence-electron chi connectivity index (χ3n) is 6.45. The van der Waals surface area contributed by atoms with Crippen molar-refractivity contribution in [1.29, 1.82) is 0 Å². The number of amides is 2. The first-order valence-corrected chi connectivity index (χ1v) is 12.4. The fourth-order valence-corrected chi connectivity index (χ4v) is 5.09. The van der Waals surface area contributed by atoms with Gasteiger partial charge in [0, 0.05) is 37.3 Å². The number of halogens is 1. The van der Waals surface area contributed by atoms with Gasteiger partial charge in [-0.25, -0.2) is 9.21 Å². The number of piperidine rings is 1. The van der Waals surface area contributed by atoms with Crippen LogP contribution in [0.1, 0.15) is 70.5 Å². The predicted molar refractivity (Wildman–Crippen MR) is 131 cm³/mol. The molecule has 8 nitrogen and oxygen atoms in total. The third-order valence-corrected chi connectivity index (χ3v) is 6.89. The Labute approximate surface area is 208 Å². The van der Waals surface area contributed by atoms with Crippen LogP contribution in [0, 0.1) is 0 Å². The molecule has 2 aliphatic heterocycles. The molecule has 0 spiro atoms. The number of fused-ring (bicyclic) bond motifs is 3. The van der Waals surface area contributed by atoms with Gasteiger partial charge in [-0.1, -0.05) is 13.3 Å². The van der Waals surface area contributed by atoms with Crippen LogP contribution in [0.15, 0.2) is 12.1 Å². The molecule has 190 valence electrons. The van der Waals surface area contributed by atoms with Crippen molar-refractivity contribution in [3.8, 4) is 11.5 Å². The summed E-state index contributed by atoms with van der Waals surface area (Å²) in [7, 11) is 3.26. The second-order valence-corrected chi connectivity index (χ2v) is 10.4. The Morgan fingerprint density at radius 3 is 2.50 bits per heavy atom. The van der Waals surface area contributed by atoms with Crippen LogP contribution in [0.4, 0.5) is 4.79 Å². The van der Waals surface area contributed by atoms with Gasteiger partial charge in [-0.05, 0) is 63.3 Å². The van der Waals surface area contributed by atoms with E-state index in [4.69, 9.17) is 26.0 Å². The van der Waals surface area contributed by atoms with Crippen LogP contribution in [0.3, 0.4) is 0 Å². The number of carbonyl (C=O) groups excluding carboxylic acids is 2. The highest BCUT2D eigenvalue weighted by Gasteiger charge is 2.43. The molecule has 1 aromatic carbocycles. The van der Waals surface area contributed by atoms with Gasteiger partial charge < -0.3 is 19.5 Å². The summed E-state index contributed by atoms with van der Waals surface area (Å²) in [5.74, 6) is 1.27. The lowest BCUT2D eigenvalue weighted by atomic mass is 9.82. The highest BCUT2D eigenvalue weighted by molar-refractivity contribution is 6.21. The molecule has 9 heteroatoms. The maximum absolute atomic E-state index is 12.8. The molecular weight excluding hydrogens is 458 g/mol. The van der Waals surface area contributed by atoms with E-state index in [1.54, 1.807) is 14.2 Å². The lowest BCUT2D eigenvalue weighted by Crippen LogP contribution is -2.61. The molecule has 0 aromatic heterocycles. The van der Waals surface area contributed by atoms with E-state index in [0.717, 1.165) is 31.4 Å². The first-order chi connectivity index (χ1) is 16.1. The summed E-state index contributed by atoms with van der Waals surface area (Å²) >= 11 is 6.60. The van der Waals surface area contributed by atoms with Gasteiger partial charge in [0.2, 0.25) is 5.91 Å². The number of nitrogens with zero attached hydrogens (tertiary/aromatic N) is 2. The number of nitrogens with one attached hydrogen (secondary N) is 1. The predicted octanol–water partition coefficient (Wildman–Crippen LogP) is 4.44. The van der Waals surface area contributed by atoms with E-state index < -0.39 is 11.7 Å². The smallest absolute Gasteiger partial charge is 0.407 e. The number of alkyl carbamates (subject to hydrolysis) is 1. The maximum atomic E-state index is 12.8. The van der Waals surface area contributed by atoms with Crippen LogP contribution in [0.25, 0.3) is 0 Å². The lowest BCUT2D eigenvalue weighted by molar-refractivity contribution is -0.130. The second-order valence-electron chi connectivity index (χ2n) is 10.0. The molecule has 0 aliphatic carbocycles. The Balaban J connectivity index is 1.89. The van der Waals surface area contributed by atoms with Gasteiger partial charge in [-0.3, -0.25) is 9.69 Å². The van der Waals surface area contributed by atoms with Gasteiger partial charge in [-0.15, -0.1) is 0 Å². The largest absolute Gasteiger partial charge is 0.493 e. The van der Waals surface area contributed by atoms with Crippen LogP contribution < -0.4 is 14.8 Å². The summed E-state index contributed by atoms with van der Waals surface area (Å²) in [6.45, 7) is 8.90. The van der Waals surface area contributed by atoms with Gasteiger partial charge in [0.1, 0.15) is 5.60 Å². The molecular formula is C25H38ClN3O5. The zero-order valence-electron chi connectivity index (χ0n) is 21.2. The molecule has 1 aromatic rings. The monoisotopic (exact) mass is 495 g/mol. The summed E-state index contributed by atoms with van der Waals surface area (Å²) in [5.41, 5.74) is 1.73. The van der Waals surface area contributed by atoms with E-state index in [1.807, 2.05) is 39.8 Å². The molecule has 0 bridgehead atoms. The highest BCUT2D eigenvalue weighted by atomic mass is 35.5. The van der Waals surface area contributed by atoms with E-state index in [1.165, 1.54) is 9.98 Å². The van der Waals surface area contributed by atoms with Crippen LogP contribution in [-0.2, 0) is 16.0 Å². The fourth-order valence-electron chi connectivity index (χ4n) is 4.80. The van der Waals surface area contributed by atoms with E-state index in [9.17, 15) is 9.59 Å². The van der Waals surface area contributed by atoms with Crippen molar-refractivity contribution in [2.45, 2.75) is 83.5 Å². The number of hydrogen-bond donors (Lipinski definition) is 1. The molecule has 0 radical (unpaired) electrons. The Morgan fingerprint density at radius 1 is 1.21 bits per heavy atom. The number of unbranched alkanes of at least 4 members (excludes halogenated alkanes) is 1. The summed E-state index contributed by atoms with van der Waals surface area (Å²) < 4.78 is 17.9. The zero-order chi connectivity index (χ0) is 25.0. The number of ether oxygens (including phenoxy) is 3. The molecule has 2 aliphatic rings. The molecule has 2 heterocycles. The van der Waals surface area contributed by atoms with Gasteiger partial charge in [0.15, 0.2) is 11.5 Å². The molecule has 2 amide bonds. The van der Waals surface area contributed by atoms with Gasteiger partial charge in [0.25, 0.3) is 0 Å². The van der Waals surface area contributed by atoms with E-state index in [0.29, 0.717) is 30.9 Å². The van der Waals surface area contributed by atoms with Gasteiger partial charge in [-0.2, -0.15) is 0 Å². The van der Waals surface area contributed by atoms with E-state index in [-0.39, 0.29) is 24.0 Å². The van der Waals surface area contributed by atoms with Crippen LogP contribution in [-0.4, -0.2) is 66.3 Å². The number of methoxy groups -OCH3 is 2. The topological polar surface area (TPSA) is 80.3 Å². The van der Waals surface area contributed by atoms with Crippen molar-refractivity contribution in [2.24, 2.45) is 0 Å². The summed E-state index contributed by atoms with van der Waals surface area (Å²) in [6, 6.07) is 3.39. The fraction of sp³-hybridized carbons (Fsp3) is 0.680. The summed E-state index contributed by atoms with van der Waals surface area (Å²) in [5, 5.41) is 3.01. The lowest BCUT2D eigenvalue weighted by Gasteiger charge is -2.48. The van der Waals surface area contributed by atoms with Crippen LogP contribution >= 0.6 is 11.8 Å². The average molecular weight is 496 g/mol. The van der Waals surface area contributed by atoms with Gasteiger partial charge in [0.05, 0.1) is 26.3 Å². The second kappa shape index (κ2) is 11.0. The standard InChI is InChI=1S/C25H38ClN3O5/c1-7-8-9-23(30)29(26)20-15-28-11-10-16-12-21(32-5)22(33-6)13-17(16)19(28)14-18(20)27-24(31)34-25(2,3)4/h12-13,18-20H,7-11,14-15H2,1-6H3,(H,27,31). The minimum atomic E-state index is -0.626. The van der Waals surface area contributed by atoms with E-state index >= 15 is 0 Å². The maximum Gasteiger partial charge on any atom is 0.407 e. The Morgan fingerprint density at radius 2 is 1.88 bits per heavy atom. The number of benzene rings is 1. The number of hydrogen-bond acceptors (Lipinski definition) is 6. The normalized spacial score (nSPS) is 22.3. The Kier molecular flexibility index (Phi) is 8.57. The molecule has 3 unspecified atom stereocenters. The molecule has 1 saturated heterocycles. The molecule has 3 rings (SSSR count). The van der Waals surface area contributed by atoms with Crippen LogP contribution in [0.5, 0.6) is 11.5 Å². The molecule has 3 atom stereocenters. The molecule has 1 fully saturated rings. The zero-order valence-corrected chi connectivity index (χ0v) is 21.9. The third kappa shape index (κ3) is 6.08. The minimum absolute atomic E-state index is 0.0514. The van der Waals surface area contributed by atoms with Gasteiger partial charge >= 0.3 is 6.09 Å². The van der Waals surface area contributed by atoms with Crippen LogP contribution in [0.2, 0.25) is 0 Å². The summed E-state index contributed by atoms with van der Waals surface area (Å²) in [4.78, 5) is 27.8. The first-order valence-electron chi connectivity index (χ1n) is 12.0. The first kappa shape index (κ1) is 26.4. The molecule has 1 N–H and O–H groups in total. The average Bonchev–Trinajstić information content (AvgIpc) is 2.79. The SMILES string of the molecule is CCCCC(=O)N(Cl)C1CN2CCc3cc(OC)c(OC)cc3C2CC1NC(=O)OC(C)(C)C. The van der Waals surface area contributed by atoms with Crippen molar-refractivity contribution in [3.05, 3.63) is 23.3 Å². The van der Waals surface area contributed by atoms with Crippen molar-refractivity contribution >= 4 is 23.8 Å². The minimum Gasteiger partial charge on any atom is -0.493 e. The number of carbonyl (C=O) groups is 2. The quantitative estimate of drug-likeness (QED) is 0.563. The van der Waals surface area contributed by atoms with E-state index in [2.05, 4.69) is 10.2 Å².